The van der Waals surface area contributed by atoms with Crippen molar-refractivity contribution in [1.82, 2.24) is 0 Å². The van der Waals surface area contributed by atoms with E-state index in [-0.39, 0.29) is 39.1 Å². The number of esters is 2. The van der Waals surface area contributed by atoms with Crippen LogP contribution in [-0.4, -0.2) is 26.2 Å². The maximum atomic E-state index is 11.4. The van der Waals surface area contributed by atoms with Gasteiger partial charge in [-0.3, -0.25) is 9.59 Å². The molecule has 1 radical (unpaired) electrons. The monoisotopic (exact) mass is 310 g/mol. The first kappa shape index (κ1) is 16.3. The molecule has 5 heteroatoms. The zero-order chi connectivity index (χ0) is 12.0. The van der Waals surface area contributed by atoms with E-state index in [0.29, 0.717) is 0 Å². The molecule has 0 spiro atoms. The summed E-state index contributed by atoms with van der Waals surface area (Å²) in [4.78, 5) is 22.8. The van der Waals surface area contributed by atoms with Crippen LogP contribution >= 0.6 is 0 Å². The molecular weight excluding hydrogens is 297 g/mol. The number of carbonyl (C=O) groups is 2. The standard InChI is InChI=1S/C12H13O4.Y/c1-15-11(13)10(12(14)16-2)8-9-6-4-3-5-7-9;/h4-7,10H,8H2,1-2H3;/q-1;. The molecule has 0 aliphatic rings. The smallest absolute Gasteiger partial charge is 0.320 e. The van der Waals surface area contributed by atoms with Crippen molar-refractivity contribution in [2.75, 3.05) is 14.2 Å². The van der Waals surface area contributed by atoms with Gasteiger partial charge in [0.25, 0.3) is 0 Å². The maximum absolute atomic E-state index is 11.4. The minimum Gasteiger partial charge on any atom is -0.468 e. The van der Waals surface area contributed by atoms with Gasteiger partial charge in [-0.15, -0.1) is 0 Å². The van der Waals surface area contributed by atoms with E-state index in [0.717, 1.165) is 5.56 Å². The molecule has 1 aromatic rings. The zero-order valence-corrected chi connectivity index (χ0v) is 12.6. The predicted molar refractivity (Wildman–Crippen MR) is 56.5 cm³/mol. The molecule has 0 aliphatic heterocycles. The molecule has 0 N–H and O–H groups in total. The van der Waals surface area contributed by atoms with Gasteiger partial charge >= 0.3 is 11.9 Å². The van der Waals surface area contributed by atoms with Gasteiger partial charge in [0.15, 0.2) is 5.92 Å². The summed E-state index contributed by atoms with van der Waals surface area (Å²) in [7, 11) is 2.49. The number of hydrogen-bond acceptors (Lipinski definition) is 4. The number of carbonyl (C=O) groups excluding carboxylic acids is 2. The second-order valence-corrected chi connectivity index (χ2v) is 3.21. The maximum Gasteiger partial charge on any atom is 0.320 e. The van der Waals surface area contributed by atoms with Crippen LogP contribution in [0.3, 0.4) is 0 Å². The third-order valence-corrected chi connectivity index (χ3v) is 2.20. The molecule has 0 amide bonds. The van der Waals surface area contributed by atoms with Gasteiger partial charge in [0.1, 0.15) is 0 Å². The van der Waals surface area contributed by atoms with E-state index in [1.54, 1.807) is 24.3 Å². The van der Waals surface area contributed by atoms with Gasteiger partial charge in [0.05, 0.1) is 14.2 Å². The molecule has 89 valence electrons. The van der Waals surface area contributed by atoms with Crippen LogP contribution in [0.25, 0.3) is 0 Å². The zero-order valence-electron chi connectivity index (χ0n) is 9.80. The molecule has 4 nitrogen and oxygen atoms in total. The van der Waals surface area contributed by atoms with Crippen molar-refractivity contribution in [3.63, 3.8) is 0 Å². The molecule has 0 saturated carbocycles. The van der Waals surface area contributed by atoms with Crippen LogP contribution in [-0.2, 0) is 58.2 Å². The molecule has 0 saturated heterocycles. The predicted octanol–water partition coefficient (Wildman–Crippen LogP) is 0.989. The van der Waals surface area contributed by atoms with Gasteiger partial charge in [-0.25, -0.2) is 0 Å². The van der Waals surface area contributed by atoms with Gasteiger partial charge in [-0.05, 0) is 6.42 Å². The summed E-state index contributed by atoms with van der Waals surface area (Å²) in [5.74, 6) is -2.07. The van der Waals surface area contributed by atoms with E-state index in [1.165, 1.54) is 14.2 Å². The SMILES string of the molecule is COC(=O)C(Cc1cc[c-]cc1)C(=O)OC.[Y]. The molecule has 17 heavy (non-hydrogen) atoms. The minimum atomic E-state index is -0.905. The van der Waals surface area contributed by atoms with E-state index < -0.39 is 17.9 Å². The van der Waals surface area contributed by atoms with Gasteiger partial charge in [-0.1, -0.05) is 0 Å². The molecule has 0 unspecified atom stereocenters. The first-order chi connectivity index (χ1) is 7.69. The summed E-state index contributed by atoms with van der Waals surface area (Å²) in [6.45, 7) is 0. The summed E-state index contributed by atoms with van der Waals surface area (Å²) < 4.78 is 9.12. The van der Waals surface area contributed by atoms with Crippen LogP contribution in [0.4, 0.5) is 0 Å². The Bertz CT molecular complexity index is 348. The van der Waals surface area contributed by atoms with Crippen LogP contribution < -0.4 is 0 Å². The molecule has 1 aromatic carbocycles. The van der Waals surface area contributed by atoms with Crippen molar-refractivity contribution < 1.29 is 51.8 Å². The van der Waals surface area contributed by atoms with E-state index in [2.05, 4.69) is 15.5 Å². The van der Waals surface area contributed by atoms with Crippen molar-refractivity contribution in [3.8, 4) is 0 Å². The molecule has 0 bridgehead atoms. The largest absolute Gasteiger partial charge is 0.468 e. The average Bonchev–Trinajstić information content (AvgIpc) is 2.35. The van der Waals surface area contributed by atoms with Crippen molar-refractivity contribution in [2.45, 2.75) is 6.42 Å². The number of ether oxygens (including phenoxy) is 2. The summed E-state index contributed by atoms with van der Waals surface area (Å²) in [5, 5.41) is 0. The van der Waals surface area contributed by atoms with Crippen LogP contribution in [0.2, 0.25) is 0 Å². The second-order valence-electron chi connectivity index (χ2n) is 3.21. The fourth-order valence-electron chi connectivity index (χ4n) is 1.34. The van der Waals surface area contributed by atoms with Crippen molar-refractivity contribution in [2.24, 2.45) is 5.92 Å². The molecule has 0 atom stereocenters. The van der Waals surface area contributed by atoms with E-state index in [9.17, 15) is 9.59 Å². The van der Waals surface area contributed by atoms with Crippen LogP contribution in [0.15, 0.2) is 24.3 Å². The topological polar surface area (TPSA) is 52.6 Å². The number of benzene rings is 1. The van der Waals surface area contributed by atoms with Gasteiger partial charge < -0.3 is 9.47 Å². The van der Waals surface area contributed by atoms with Gasteiger partial charge in [0, 0.05) is 32.7 Å². The Kier molecular flexibility index (Phi) is 8.01. The molecular formula is C12H13O4Y-. The van der Waals surface area contributed by atoms with Gasteiger partial charge in [-0.2, -0.15) is 35.9 Å². The molecule has 0 aliphatic carbocycles. The molecule has 0 heterocycles. The fraction of sp³-hybridized carbons (Fsp3) is 0.333. The Hall–Kier alpha value is -0.736. The van der Waals surface area contributed by atoms with E-state index >= 15 is 0 Å². The Balaban J connectivity index is 0.00000256. The van der Waals surface area contributed by atoms with Crippen LogP contribution in [0.5, 0.6) is 0 Å². The van der Waals surface area contributed by atoms with Gasteiger partial charge in [0.2, 0.25) is 0 Å². The molecule has 1 rings (SSSR count). The minimum absolute atomic E-state index is 0. The summed E-state index contributed by atoms with van der Waals surface area (Å²) in [6.07, 6.45) is 0.272. The Morgan fingerprint density at radius 3 is 2.06 bits per heavy atom. The van der Waals surface area contributed by atoms with E-state index in [4.69, 9.17) is 0 Å². The Labute approximate surface area is 126 Å². The van der Waals surface area contributed by atoms with Crippen molar-refractivity contribution in [1.29, 1.82) is 0 Å². The van der Waals surface area contributed by atoms with Crippen LogP contribution in [0, 0.1) is 12.0 Å². The molecule has 0 aromatic heterocycles. The Morgan fingerprint density at radius 2 is 1.65 bits per heavy atom. The molecule has 0 fully saturated rings. The second kappa shape index (κ2) is 8.37. The Morgan fingerprint density at radius 1 is 1.18 bits per heavy atom. The van der Waals surface area contributed by atoms with E-state index in [1.807, 2.05) is 0 Å². The first-order valence-electron chi connectivity index (χ1n) is 4.79. The number of hydrogen-bond donors (Lipinski definition) is 0. The summed E-state index contributed by atoms with van der Waals surface area (Å²) in [6, 6.07) is 9.89. The summed E-state index contributed by atoms with van der Waals surface area (Å²) in [5.41, 5.74) is 0.861. The first-order valence-corrected chi connectivity index (χ1v) is 4.79. The quantitative estimate of drug-likeness (QED) is 0.473. The summed E-state index contributed by atoms with van der Waals surface area (Å²) >= 11 is 0. The number of rotatable bonds is 4. The van der Waals surface area contributed by atoms with Crippen LogP contribution in [0.1, 0.15) is 5.56 Å². The van der Waals surface area contributed by atoms with Crippen molar-refractivity contribution in [3.05, 3.63) is 35.9 Å². The third-order valence-electron chi connectivity index (χ3n) is 2.20. The average molecular weight is 310 g/mol. The fourth-order valence-corrected chi connectivity index (χ4v) is 1.34. The normalized spacial score (nSPS) is 9.35. The number of methoxy groups -OCH3 is 2. The third kappa shape index (κ3) is 4.96. The van der Waals surface area contributed by atoms with Crippen molar-refractivity contribution >= 4 is 11.9 Å².